The number of thioether (sulfide) groups is 2. The third-order valence-corrected chi connectivity index (χ3v) is 14.7. The third kappa shape index (κ3) is 20.5. The molecule has 12 N–H and O–H groups in total. The minimum absolute atomic E-state index is 0.00693. The van der Waals surface area contributed by atoms with Gasteiger partial charge in [-0.3, -0.25) is 9.59 Å². The molecule has 0 aromatic carbocycles. The van der Waals surface area contributed by atoms with Crippen LogP contribution in [0.2, 0.25) is 0 Å². The van der Waals surface area contributed by atoms with E-state index in [1.54, 1.807) is 11.8 Å². The van der Waals surface area contributed by atoms with Crippen molar-refractivity contribution in [3.8, 4) is 0 Å². The van der Waals surface area contributed by atoms with E-state index in [-0.39, 0.29) is 25.1 Å². The summed E-state index contributed by atoms with van der Waals surface area (Å²) >= 11 is 3.42. The molecule has 3 aliphatic rings. The van der Waals surface area contributed by atoms with E-state index in [2.05, 4.69) is 12.2 Å². The van der Waals surface area contributed by atoms with Gasteiger partial charge in [0, 0.05) is 29.2 Å². The monoisotopic (exact) mass is 1010 g/mol. The van der Waals surface area contributed by atoms with Gasteiger partial charge in [-0.15, -0.1) is 23.5 Å². The molecule has 3 fully saturated rings. The van der Waals surface area contributed by atoms with Gasteiger partial charge in [-0.2, -0.15) is 0 Å². The molecule has 3 rings (SSSR count). The summed E-state index contributed by atoms with van der Waals surface area (Å²) in [7, 11) is 1.40. The first-order chi connectivity index (χ1) is 32.2. The summed E-state index contributed by atoms with van der Waals surface area (Å²) < 4.78 is 43.0. The van der Waals surface area contributed by atoms with Crippen molar-refractivity contribution in [2.24, 2.45) is 5.92 Å². The number of unbranched alkanes of at least 4 members (excludes halogenated alkanes) is 7. The summed E-state index contributed by atoms with van der Waals surface area (Å²) in [5, 5.41) is 120. The summed E-state index contributed by atoms with van der Waals surface area (Å²) in [4.78, 5) is 22.4. The number of ether oxygens (including phenoxy) is 8. The molecule has 0 aromatic heterocycles. The molecule has 22 nitrogen and oxygen atoms in total. The van der Waals surface area contributed by atoms with Crippen molar-refractivity contribution in [2.45, 2.75) is 200 Å². The Morgan fingerprint density at radius 3 is 2.16 bits per heavy atom. The van der Waals surface area contributed by atoms with Crippen LogP contribution in [0.5, 0.6) is 0 Å². The maximum Gasteiger partial charge on any atom is 0.305 e. The average Bonchev–Trinajstić information content (AvgIpc) is 3.32. The molecule has 0 spiro atoms. The van der Waals surface area contributed by atoms with E-state index in [0.29, 0.717) is 17.5 Å². The highest BCUT2D eigenvalue weighted by Crippen LogP contribution is 2.33. The van der Waals surface area contributed by atoms with Crippen LogP contribution in [0, 0.1) is 5.92 Å². The molecule has 0 radical (unpaired) electrons. The Hall–Kier alpha value is -1.08. The number of aliphatic hydroxyl groups excluding tert-OH is 11. The third-order valence-electron chi connectivity index (χ3n) is 12.1. The predicted molar refractivity (Wildman–Crippen MR) is 241 cm³/mol. The summed E-state index contributed by atoms with van der Waals surface area (Å²) in [5.41, 5.74) is 0. The molecule has 18 atom stereocenters. The molecule has 0 amide bonds. The van der Waals surface area contributed by atoms with Gasteiger partial charge in [0.2, 0.25) is 6.29 Å². The van der Waals surface area contributed by atoms with Crippen molar-refractivity contribution in [1.82, 2.24) is 5.32 Å². The first kappa shape index (κ1) is 60.2. The van der Waals surface area contributed by atoms with Crippen LogP contribution in [0.4, 0.5) is 0 Å². The van der Waals surface area contributed by atoms with Gasteiger partial charge < -0.3 is 99.4 Å². The highest BCUT2D eigenvalue weighted by molar-refractivity contribution is 8.16. The van der Waals surface area contributed by atoms with Crippen LogP contribution < -0.4 is 5.32 Å². The van der Waals surface area contributed by atoms with Crippen molar-refractivity contribution in [1.29, 1.82) is 0 Å². The second-order valence-corrected chi connectivity index (χ2v) is 19.9. The number of carbonyl (C=O) groups is 2. The number of esters is 1. The molecular formula is C43H79NO21S2. The Labute approximate surface area is 401 Å². The van der Waals surface area contributed by atoms with Gasteiger partial charge in [-0.05, 0) is 32.1 Å². The van der Waals surface area contributed by atoms with Crippen molar-refractivity contribution in [3.05, 3.63) is 0 Å². The zero-order chi connectivity index (χ0) is 49.3. The molecule has 24 heteroatoms. The van der Waals surface area contributed by atoms with Crippen LogP contribution in [-0.2, 0) is 47.5 Å². The maximum atomic E-state index is 11.4. The first-order valence-electron chi connectivity index (χ1n) is 23.5. The topological polar surface area (TPSA) is 343 Å². The number of hydrogen-bond donors (Lipinski definition) is 12. The lowest BCUT2D eigenvalue weighted by atomic mass is 9.94. The Morgan fingerprint density at radius 1 is 0.776 bits per heavy atom. The molecule has 3 aliphatic heterocycles. The molecule has 3 heterocycles. The Balaban J connectivity index is 1.45. The fraction of sp³-hybridized carbons (Fsp3) is 0.953. The van der Waals surface area contributed by atoms with E-state index in [1.807, 2.05) is 11.8 Å². The van der Waals surface area contributed by atoms with E-state index in [4.69, 9.17) is 37.9 Å². The second kappa shape index (κ2) is 33.5. The Morgan fingerprint density at radius 2 is 1.46 bits per heavy atom. The summed E-state index contributed by atoms with van der Waals surface area (Å²) in [6.07, 6.45) is -11.8. The fourth-order valence-corrected chi connectivity index (χ4v) is 10.3. The molecule has 0 aromatic rings. The fourth-order valence-electron chi connectivity index (χ4n) is 7.90. The number of aliphatic hydroxyl groups is 11. The van der Waals surface area contributed by atoms with Gasteiger partial charge in [0.15, 0.2) is 18.9 Å². The van der Waals surface area contributed by atoms with Crippen LogP contribution >= 0.6 is 23.5 Å². The molecule has 67 heavy (non-hydrogen) atoms. The summed E-state index contributed by atoms with van der Waals surface area (Å²) in [6, 6.07) is 0. The Kier molecular flexibility index (Phi) is 30.2. The molecule has 394 valence electrons. The van der Waals surface area contributed by atoms with E-state index in [9.17, 15) is 65.8 Å². The number of methoxy groups -OCH3 is 1. The summed E-state index contributed by atoms with van der Waals surface area (Å²) in [6.45, 7) is -0.439. The molecule has 0 aliphatic carbocycles. The van der Waals surface area contributed by atoms with Gasteiger partial charge >= 0.3 is 5.97 Å². The summed E-state index contributed by atoms with van der Waals surface area (Å²) in [5.74, 6) is -1.01. The van der Waals surface area contributed by atoms with Gasteiger partial charge in [-0.25, -0.2) is 0 Å². The highest BCUT2D eigenvalue weighted by atomic mass is 32.2. The average molecular weight is 1010 g/mol. The number of nitrogens with one attached hydrogen (secondary N) is 1. The van der Waals surface area contributed by atoms with Crippen LogP contribution in [0.25, 0.3) is 0 Å². The lowest BCUT2D eigenvalue weighted by Gasteiger charge is -2.46. The molecule has 0 saturated carbocycles. The minimum Gasteiger partial charge on any atom is -0.469 e. The number of hydrogen-bond acceptors (Lipinski definition) is 24. The van der Waals surface area contributed by atoms with E-state index < -0.39 is 125 Å². The van der Waals surface area contributed by atoms with Gasteiger partial charge in [-0.1, -0.05) is 58.3 Å². The Bertz CT molecular complexity index is 1320. The van der Waals surface area contributed by atoms with Crippen molar-refractivity contribution >= 4 is 36.0 Å². The van der Waals surface area contributed by atoms with Gasteiger partial charge in [0.1, 0.15) is 54.9 Å². The normalized spacial score (nSPS) is 32.5. The van der Waals surface area contributed by atoms with Crippen LogP contribution in [0.3, 0.4) is 0 Å². The standard InChI is InChI=1S/C43H79NO21S2/c1-3-4-5-9-12-25(48)15-16-26(13-10-7-6-8-11-14-32(51)58-2)67-24-66-22-44-17-28(49)34(53)30(19-46)62-41-38(57)36(55)31(21-60-41)63-43-39(35(54)29(50)20-59-43)64-42-37(56)33(52)27(18-45)40(65-42)61-23-47/h23,25-31,33-46,48-50,52-57H,3-22,24H2,1-2H3/t25?,26?,27-,28?,29+,30?,31+,33-,34?,35?,36-,37?,38?,39?,40?,41-,42-,43-/m0/s1. The molecular weight excluding hydrogens is 931 g/mol. The van der Waals surface area contributed by atoms with Gasteiger partial charge in [0.05, 0.1) is 57.8 Å². The largest absolute Gasteiger partial charge is 0.469 e. The van der Waals surface area contributed by atoms with Crippen LogP contribution in [0.1, 0.15) is 96.8 Å². The lowest BCUT2D eigenvalue weighted by molar-refractivity contribution is -0.384. The number of carbonyl (C=O) groups excluding carboxylic acids is 2. The number of rotatable bonds is 35. The van der Waals surface area contributed by atoms with E-state index in [0.717, 1.165) is 82.1 Å². The van der Waals surface area contributed by atoms with E-state index in [1.165, 1.54) is 13.5 Å². The quantitative estimate of drug-likeness (QED) is 0.0150. The molecule has 10 unspecified atom stereocenters. The maximum absolute atomic E-state index is 11.4. The van der Waals surface area contributed by atoms with Crippen molar-refractivity contribution in [3.63, 3.8) is 0 Å². The van der Waals surface area contributed by atoms with Gasteiger partial charge in [0.25, 0.3) is 6.47 Å². The SMILES string of the molecule is CCCCCCC(O)CCC(CCCCCCCC(=O)OC)SCSCNCC(O)C(O)C(CO)O[C@@H]1OC[C@@H](O[C@@H]2OC[C@@H](O)C(O)C2O[C@H]2OC(OC=O)[C@@H](CO)[C@H](O)C2O)[C@H](O)C1O. The predicted octanol–water partition coefficient (Wildman–Crippen LogP) is -1.45. The molecule has 0 bridgehead atoms. The van der Waals surface area contributed by atoms with Crippen molar-refractivity contribution < 1.29 is 104 Å². The second-order valence-electron chi connectivity index (χ2n) is 17.2. The van der Waals surface area contributed by atoms with Crippen LogP contribution in [-0.4, -0.2) is 223 Å². The zero-order valence-corrected chi connectivity index (χ0v) is 40.3. The van der Waals surface area contributed by atoms with E-state index >= 15 is 0 Å². The lowest BCUT2D eigenvalue weighted by Crippen LogP contribution is -2.63. The van der Waals surface area contributed by atoms with Crippen LogP contribution in [0.15, 0.2) is 0 Å². The first-order valence-corrected chi connectivity index (χ1v) is 25.7. The molecule has 3 saturated heterocycles. The smallest absolute Gasteiger partial charge is 0.305 e. The van der Waals surface area contributed by atoms with Crippen molar-refractivity contribution in [2.75, 3.05) is 51.0 Å². The highest BCUT2D eigenvalue weighted by Gasteiger charge is 2.51. The zero-order valence-electron chi connectivity index (χ0n) is 38.6. The minimum atomic E-state index is -1.85.